The Hall–Kier alpha value is -1.39. The summed E-state index contributed by atoms with van der Waals surface area (Å²) in [4.78, 5) is 5.64. The van der Waals surface area contributed by atoms with E-state index in [1.165, 1.54) is 10.4 Å². The average Bonchev–Trinajstić information content (AvgIpc) is 2.84. The number of hydrogen-bond donors (Lipinski definition) is 1. The molecule has 2 rings (SSSR count). The lowest BCUT2D eigenvalue weighted by atomic mass is 10.1. The zero-order valence-corrected chi connectivity index (χ0v) is 12.3. The predicted octanol–water partition coefficient (Wildman–Crippen LogP) is 2.83. The molecule has 0 amide bonds. The summed E-state index contributed by atoms with van der Waals surface area (Å²) in [6.07, 6.45) is 2.05. The van der Waals surface area contributed by atoms with Gasteiger partial charge in [-0.25, -0.2) is 4.98 Å². The summed E-state index contributed by atoms with van der Waals surface area (Å²) >= 11 is 1.74. The number of ether oxygens (including phenoxy) is 1. The molecule has 4 heteroatoms. The SMILES string of the molecule is COc1ccccc1CCNCCc1scnc1C. The summed E-state index contributed by atoms with van der Waals surface area (Å²) in [7, 11) is 1.72. The number of para-hydroxylation sites is 1. The van der Waals surface area contributed by atoms with Crippen LogP contribution in [0, 0.1) is 6.92 Å². The van der Waals surface area contributed by atoms with Gasteiger partial charge in [-0.1, -0.05) is 18.2 Å². The fraction of sp³-hybridized carbons (Fsp3) is 0.400. The van der Waals surface area contributed by atoms with E-state index < -0.39 is 0 Å². The van der Waals surface area contributed by atoms with Crippen molar-refractivity contribution >= 4 is 11.3 Å². The minimum atomic E-state index is 0.970. The Morgan fingerprint density at radius 1 is 1.21 bits per heavy atom. The molecule has 0 aliphatic carbocycles. The summed E-state index contributed by atoms with van der Waals surface area (Å²) in [6.45, 7) is 4.04. The molecular weight excluding hydrogens is 256 g/mol. The molecular formula is C15H20N2OS. The number of methoxy groups -OCH3 is 1. The highest BCUT2D eigenvalue weighted by atomic mass is 32.1. The predicted molar refractivity (Wildman–Crippen MR) is 80.1 cm³/mol. The standard InChI is InChI=1S/C15H20N2OS/c1-12-15(19-11-17-12)8-10-16-9-7-13-5-3-4-6-14(13)18-2/h3-6,11,16H,7-10H2,1-2H3. The lowest BCUT2D eigenvalue weighted by Crippen LogP contribution is -2.20. The number of benzene rings is 1. The van der Waals surface area contributed by atoms with E-state index in [1.54, 1.807) is 18.4 Å². The van der Waals surface area contributed by atoms with Gasteiger partial charge in [0.15, 0.2) is 0 Å². The summed E-state index contributed by atoms with van der Waals surface area (Å²) in [5, 5.41) is 3.47. The highest BCUT2D eigenvalue weighted by Gasteiger charge is 2.02. The number of nitrogens with one attached hydrogen (secondary N) is 1. The van der Waals surface area contributed by atoms with Crippen LogP contribution in [0.5, 0.6) is 5.75 Å². The number of rotatable bonds is 7. The van der Waals surface area contributed by atoms with Gasteiger partial charge in [0.1, 0.15) is 5.75 Å². The van der Waals surface area contributed by atoms with Gasteiger partial charge < -0.3 is 10.1 Å². The summed E-state index contributed by atoms with van der Waals surface area (Å²) in [6, 6.07) is 8.19. The van der Waals surface area contributed by atoms with Gasteiger partial charge in [-0.3, -0.25) is 0 Å². The summed E-state index contributed by atoms with van der Waals surface area (Å²) in [5.74, 6) is 0.975. The van der Waals surface area contributed by atoms with E-state index in [0.717, 1.165) is 37.4 Å². The van der Waals surface area contributed by atoms with Crippen LogP contribution in [0.2, 0.25) is 0 Å². The Morgan fingerprint density at radius 3 is 2.74 bits per heavy atom. The molecule has 0 atom stereocenters. The maximum absolute atomic E-state index is 5.34. The molecule has 19 heavy (non-hydrogen) atoms. The number of hydrogen-bond acceptors (Lipinski definition) is 4. The first-order valence-corrected chi connectivity index (χ1v) is 7.41. The molecule has 0 fully saturated rings. The van der Waals surface area contributed by atoms with E-state index >= 15 is 0 Å². The number of thiazole rings is 1. The van der Waals surface area contributed by atoms with E-state index in [0.29, 0.717) is 0 Å². The number of aryl methyl sites for hydroxylation is 1. The van der Waals surface area contributed by atoms with Crippen molar-refractivity contribution in [3.8, 4) is 5.75 Å². The van der Waals surface area contributed by atoms with Crippen molar-refractivity contribution in [2.24, 2.45) is 0 Å². The molecule has 0 spiro atoms. The second-order valence-corrected chi connectivity index (χ2v) is 5.36. The van der Waals surface area contributed by atoms with Crippen LogP contribution in [0.15, 0.2) is 29.8 Å². The molecule has 1 heterocycles. The lowest BCUT2D eigenvalue weighted by molar-refractivity contribution is 0.409. The van der Waals surface area contributed by atoms with Gasteiger partial charge >= 0.3 is 0 Å². The summed E-state index contributed by atoms with van der Waals surface area (Å²) < 4.78 is 5.34. The number of nitrogens with zero attached hydrogens (tertiary/aromatic N) is 1. The third-order valence-corrected chi connectivity index (χ3v) is 4.13. The van der Waals surface area contributed by atoms with Crippen LogP contribution in [0.3, 0.4) is 0 Å². The molecule has 3 nitrogen and oxygen atoms in total. The average molecular weight is 276 g/mol. The van der Waals surface area contributed by atoms with Gasteiger partial charge in [-0.05, 0) is 37.9 Å². The second-order valence-electron chi connectivity index (χ2n) is 4.42. The topological polar surface area (TPSA) is 34.1 Å². The Bertz CT molecular complexity index is 510. The lowest BCUT2D eigenvalue weighted by Gasteiger charge is -2.08. The van der Waals surface area contributed by atoms with Crippen molar-refractivity contribution in [3.63, 3.8) is 0 Å². The largest absolute Gasteiger partial charge is 0.496 e. The summed E-state index contributed by atoms with van der Waals surface area (Å²) in [5.41, 5.74) is 4.34. The highest BCUT2D eigenvalue weighted by molar-refractivity contribution is 7.09. The molecule has 0 radical (unpaired) electrons. The third kappa shape index (κ3) is 4.04. The van der Waals surface area contributed by atoms with Gasteiger partial charge in [0, 0.05) is 11.4 Å². The molecule has 102 valence electrons. The van der Waals surface area contributed by atoms with Crippen LogP contribution in [0.4, 0.5) is 0 Å². The zero-order valence-electron chi connectivity index (χ0n) is 11.5. The van der Waals surface area contributed by atoms with Crippen molar-refractivity contribution in [3.05, 3.63) is 45.9 Å². The molecule has 1 aromatic heterocycles. The maximum Gasteiger partial charge on any atom is 0.122 e. The van der Waals surface area contributed by atoms with Gasteiger partial charge in [-0.15, -0.1) is 11.3 Å². The molecule has 1 N–H and O–H groups in total. The molecule has 0 saturated heterocycles. The molecule has 0 aliphatic heterocycles. The van der Waals surface area contributed by atoms with Crippen LogP contribution >= 0.6 is 11.3 Å². The first-order valence-electron chi connectivity index (χ1n) is 6.53. The zero-order chi connectivity index (χ0) is 13.5. The Kier molecular flexibility index (Phi) is 5.36. The van der Waals surface area contributed by atoms with Crippen LogP contribution in [-0.2, 0) is 12.8 Å². The van der Waals surface area contributed by atoms with Gasteiger partial charge in [-0.2, -0.15) is 0 Å². The molecule has 0 saturated carbocycles. The first-order chi connectivity index (χ1) is 9.31. The van der Waals surface area contributed by atoms with E-state index in [1.807, 2.05) is 17.6 Å². The van der Waals surface area contributed by atoms with Crippen LogP contribution in [0.25, 0.3) is 0 Å². The monoisotopic (exact) mass is 276 g/mol. The van der Waals surface area contributed by atoms with Crippen molar-refractivity contribution < 1.29 is 4.74 Å². The normalized spacial score (nSPS) is 10.6. The van der Waals surface area contributed by atoms with Crippen LogP contribution in [0.1, 0.15) is 16.1 Å². The molecule has 2 aromatic rings. The van der Waals surface area contributed by atoms with E-state index in [2.05, 4.69) is 29.4 Å². The fourth-order valence-electron chi connectivity index (χ4n) is 2.03. The minimum absolute atomic E-state index is 0.970. The number of aromatic nitrogens is 1. The second kappa shape index (κ2) is 7.26. The van der Waals surface area contributed by atoms with Gasteiger partial charge in [0.25, 0.3) is 0 Å². The molecule has 1 aromatic carbocycles. The molecule has 0 unspecified atom stereocenters. The van der Waals surface area contributed by atoms with Crippen LogP contribution < -0.4 is 10.1 Å². The molecule has 0 aliphatic rings. The van der Waals surface area contributed by atoms with E-state index in [9.17, 15) is 0 Å². The van der Waals surface area contributed by atoms with Crippen molar-refractivity contribution in [1.29, 1.82) is 0 Å². The maximum atomic E-state index is 5.34. The third-order valence-electron chi connectivity index (χ3n) is 3.14. The fourth-order valence-corrected chi connectivity index (χ4v) is 2.81. The van der Waals surface area contributed by atoms with Crippen molar-refractivity contribution in [2.75, 3.05) is 20.2 Å². The molecule has 0 bridgehead atoms. The van der Waals surface area contributed by atoms with Gasteiger partial charge in [0.05, 0.1) is 18.3 Å². The Balaban J connectivity index is 1.71. The van der Waals surface area contributed by atoms with Gasteiger partial charge in [0.2, 0.25) is 0 Å². The van der Waals surface area contributed by atoms with Crippen LogP contribution in [-0.4, -0.2) is 25.2 Å². The van der Waals surface area contributed by atoms with Crippen molar-refractivity contribution in [2.45, 2.75) is 19.8 Å². The van der Waals surface area contributed by atoms with Crippen molar-refractivity contribution in [1.82, 2.24) is 10.3 Å². The Labute approximate surface area is 118 Å². The quantitative estimate of drug-likeness (QED) is 0.790. The van der Waals surface area contributed by atoms with E-state index in [-0.39, 0.29) is 0 Å². The Morgan fingerprint density at radius 2 is 2.00 bits per heavy atom. The first kappa shape index (κ1) is 14.0. The minimum Gasteiger partial charge on any atom is -0.496 e. The smallest absolute Gasteiger partial charge is 0.122 e. The highest BCUT2D eigenvalue weighted by Crippen LogP contribution is 2.17. The van der Waals surface area contributed by atoms with E-state index in [4.69, 9.17) is 4.74 Å².